The van der Waals surface area contributed by atoms with E-state index in [1.165, 1.54) is 0 Å². The highest BCUT2D eigenvalue weighted by Gasteiger charge is 2.64. The third-order valence-corrected chi connectivity index (χ3v) is 2.28. The zero-order valence-electron chi connectivity index (χ0n) is 5.25. The van der Waals surface area contributed by atoms with E-state index in [0.717, 1.165) is 0 Å². The first kappa shape index (κ1) is 6.09. The van der Waals surface area contributed by atoms with Crippen molar-refractivity contribution in [2.75, 3.05) is 6.61 Å². The first-order valence-electron chi connectivity index (χ1n) is 3.31. The summed E-state index contributed by atoms with van der Waals surface area (Å²) in [7, 11) is 0. The lowest BCUT2D eigenvalue weighted by molar-refractivity contribution is -0.121. The Kier molecular flexibility index (Phi) is 1.03. The number of hydrogen-bond donors (Lipinski definition) is 2. The van der Waals surface area contributed by atoms with Gasteiger partial charge in [0.05, 0.1) is 18.6 Å². The molecule has 2 aliphatic rings. The van der Waals surface area contributed by atoms with Crippen molar-refractivity contribution in [1.82, 2.24) is 5.32 Å². The predicted octanol–water partition coefficient (Wildman–Crippen LogP) is -0.939. The Labute approximate surface area is 57.2 Å². The van der Waals surface area contributed by atoms with Gasteiger partial charge in [-0.15, -0.1) is 0 Å². The first-order chi connectivity index (χ1) is 4.75. The SMILES string of the molecule is O=C1N[C@H](CO)[C@H]2[C@@H](F)[C@@H]12. The number of halogens is 1. The highest BCUT2D eigenvalue weighted by Crippen LogP contribution is 2.48. The minimum Gasteiger partial charge on any atom is -0.394 e. The largest absolute Gasteiger partial charge is 0.394 e. The number of fused-ring (bicyclic) bond motifs is 1. The van der Waals surface area contributed by atoms with Gasteiger partial charge in [0.25, 0.3) is 0 Å². The van der Waals surface area contributed by atoms with Crippen LogP contribution in [0.1, 0.15) is 0 Å². The molecule has 1 aliphatic heterocycles. The lowest BCUT2D eigenvalue weighted by atomic mass is 10.2. The maximum atomic E-state index is 12.5. The molecule has 0 radical (unpaired) electrons. The van der Waals surface area contributed by atoms with Gasteiger partial charge in [-0.2, -0.15) is 0 Å². The minimum atomic E-state index is -0.995. The van der Waals surface area contributed by atoms with E-state index < -0.39 is 12.1 Å². The molecule has 56 valence electrons. The Hall–Kier alpha value is -0.640. The van der Waals surface area contributed by atoms with Crippen LogP contribution in [0.2, 0.25) is 0 Å². The maximum absolute atomic E-state index is 12.5. The fourth-order valence-electron chi connectivity index (χ4n) is 1.63. The average molecular weight is 145 g/mol. The summed E-state index contributed by atoms with van der Waals surface area (Å²) in [6.45, 7) is -0.146. The molecule has 1 aliphatic carbocycles. The van der Waals surface area contributed by atoms with E-state index in [4.69, 9.17) is 5.11 Å². The molecular formula is C6H8FNO2. The number of amides is 1. The molecule has 0 unspecified atom stereocenters. The van der Waals surface area contributed by atoms with Gasteiger partial charge in [0.2, 0.25) is 5.91 Å². The third kappa shape index (κ3) is 0.546. The first-order valence-corrected chi connectivity index (χ1v) is 3.31. The third-order valence-electron chi connectivity index (χ3n) is 2.28. The minimum absolute atomic E-state index is 0.146. The van der Waals surface area contributed by atoms with Gasteiger partial charge in [0.15, 0.2) is 0 Å². The van der Waals surface area contributed by atoms with Crippen LogP contribution in [-0.4, -0.2) is 29.8 Å². The number of nitrogens with one attached hydrogen (secondary N) is 1. The summed E-state index contributed by atoms with van der Waals surface area (Å²) in [5.74, 6) is -0.925. The Bertz CT molecular complexity index is 185. The van der Waals surface area contributed by atoms with Crippen molar-refractivity contribution >= 4 is 5.91 Å². The molecule has 0 spiro atoms. The smallest absolute Gasteiger partial charge is 0.226 e. The summed E-state index contributed by atoms with van der Waals surface area (Å²) >= 11 is 0. The standard InChI is InChI=1S/C6H8FNO2/c7-5-3-2(1-9)8-6(10)4(3)5/h2-5,9H,1H2,(H,8,10)/t2-,3-,4+,5-/m1/s1. The van der Waals surface area contributed by atoms with Gasteiger partial charge in [-0.25, -0.2) is 4.39 Å². The number of hydrogen-bond acceptors (Lipinski definition) is 2. The van der Waals surface area contributed by atoms with E-state index in [0.29, 0.717) is 0 Å². The number of piperidine rings is 1. The van der Waals surface area contributed by atoms with Crippen molar-refractivity contribution in [2.45, 2.75) is 12.2 Å². The number of aliphatic hydroxyl groups is 1. The molecule has 10 heavy (non-hydrogen) atoms. The van der Waals surface area contributed by atoms with Gasteiger partial charge in [0.1, 0.15) is 6.17 Å². The van der Waals surface area contributed by atoms with Crippen LogP contribution in [0.5, 0.6) is 0 Å². The number of carbonyl (C=O) groups is 1. The Morgan fingerprint density at radius 2 is 2.40 bits per heavy atom. The van der Waals surface area contributed by atoms with E-state index in [-0.39, 0.29) is 24.5 Å². The molecule has 1 heterocycles. The molecule has 2 N–H and O–H groups in total. The molecule has 1 saturated heterocycles. The molecule has 0 bridgehead atoms. The van der Waals surface area contributed by atoms with Crippen molar-refractivity contribution < 1.29 is 14.3 Å². The fourth-order valence-corrected chi connectivity index (χ4v) is 1.63. The van der Waals surface area contributed by atoms with Gasteiger partial charge in [-0.3, -0.25) is 4.79 Å². The van der Waals surface area contributed by atoms with Crippen LogP contribution in [0.3, 0.4) is 0 Å². The summed E-state index contributed by atoms with van der Waals surface area (Å²) in [4.78, 5) is 10.7. The molecule has 1 saturated carbocycles. The Balaban J connectivity index is 2.11. The van der Waals surface area contributed by atoms with E-state index in [1.807, 2.05) is 0 Å². The quantitative estimate of drug-likeness (QED) is 0.500. The van der Waals surface area contributed by atoms with Gasteiger partial charge < -0.3 is 10.4 Å². The second kappa shape index (κ2) is 1.69. The van der Waals surface area contributed by atoms with Gasteiger partial charge >= 0.3 is 0 Å². The van der Waals surface area contributed by atoms with Crippen molar-refractivity contribution in [1.29, 1.82) is 0 Å². The van der Waals surface area contributed by atoms with Crippen LogP contribution < -0.4 is 5.32 Å². The zero-order valence-corrected chi connectivity index (χ0v) is 5.25. The molecular weight excluding hydrogens is 137 g/mol. The molecule has 0 aromatic carbocycles. The summed E-state index contributed by atoms with van der Waals surface area (Å²) in [6.07, 6.45) is -0.995. The van der Waals surface area contributed by atoms with Crippen LogP contribution >= 0.6 is 0 Å². The van der Waals surface area contributed by atoms with Crippen molar-refractivity contribution in [2.24, 2.45) is 11.8 Å². The fraction of sp³-hybridized carbons (Fsp3) is 0.833. The Morgan fingerprint density at radius 1 is 1.70 bits per heavy atom. The molecule has 1 amide bonds. The predicted molar refractivity (Wildman–Crippen MR) is 30.9 cm³/mol. The van der Waals surface area contributed by atoms with Gasteiger partial charge in [0, 0.05) is 5.92 Å². The molecule has 4 atom stereocenters. The molecule has 2 rings (SSSR count). The average Bonchev–Trinajstić information content (AvgIpc) is 2.40. The molecule has 2 fully saturated rings. The van der Waals surface area contributed by atoms with Gasteiger partial charge in [-0.05, 0) is 0 Å². The maximum Gasteiger partial charge on any atom is 0.226 e. The number of carbonyl (C=O) groups excluding carboxylic acids is 1. The second-order valence-corrected chi connectivity index (χ2v) is 2.85. The van der Waals surface area contributed by atoms with Crippen molar-refractivity contribution in [3.05, 3.63) is 0 Å². The van der Waals surface area contributed by atoms with Crippen molar-refractivity contribution in [3.63, 3.8) is 0 Å². The molecule has 3 nitrogen and oxygen atoms in total. The van der Waals surface area contributed by atoms with Crippen LogP contribution in [0.25, 0.3) is 0 Å². The monoisotopic (exact) mass is 145 g/mol. The summed E-state index contributed by atoms with van der Waals surface area (Å²) in [5, 5.41) is 11.1. The molecule has 0 aromatic rings. The van der Waals surface area contributed by atoms with Crippen molar-refractivity contribution in [3.8, 4) is 0 Å². The van der Waals surface area contributed by atoms with Crippen LogP contribution in [0.4, 0.5) is 4.39 Å². The van der Waals surface area contributed by atoms with Crippen LogP contribution in [0.15, 0.2) is 0 Å². The summed E-state index contributed by atoms with van der Waals surface area (Å²) < 4.78 is 12.5. The zero-order chi connectivity index (χ0) is 7.30. The normalized spacial score (nSPS) is 50.4. The molecule has 0 aromatic heterocycles. The van der Waals surface area contributed by atoms with E-state index in [9.17, 15) is 9.18 Å². The van der Waals surface area contributed by atoms with E-state index in [2.05, 4.69) is 5.32 Å². The second-order valence-electron chi connectivity index (χ2n) is 2.85. The lowest BCUT2D eigenvalue weighted by Gasteiger charge is -2.08. The van der Waals surface area contributed by atoms with E-state index >= 15 is 0 Å². The van der Waals surface area contributed by atoms with Gasteiger partial charge in [-0.1, -0.05) is 0 Å². The lowest BCUT2D eigenvalue weighted by Crippen LogP contribution is -2.35. The number of rotatable bonds is 1. The number of alkyl halides is 1. The molecule has 4 heteroatoms. The van der Waals surface area contributed by atoms with Crippen LogP contribution in [-0.2, 0) is 4.79 Å². The van der Waals surface area contributed by atoms with E-state index in [1.54, 1.807) is 0 Å². The highest BCUT2D eigenvalue weighted by atomic mass is 19.1. The number of aliphatic hydroxyl groups excluding tert-OH is 1. The Morgan fingerprint density at radius 3 is 2.70 bits per heavy atom. The summed E-state index contributed by atoms with van der Waals surface area (Å²) in [5.41, 5.74) is 0. The highest BCUT2D eigenvalue weighted by molar-refractivity contribution is 5.86. The summed E-state index contributed by atoms with van der Waals surface area (Å²) in [6, 6.07) is -0.326. The van der Waals surface area contributed by atoms with Crippen LogP contribution in [0, 0.1) is 11.8 Å². The topological polar surface area (TPSA) is 49.3 Å².